The van der Waals surface area contributed by atoms with Crippen LogP contribution in [0.5, 0.6) is 0 Å². The molecule has 0 saturated heterocycles. The Bertz CT molecular complexity index is 251. The fourth-order valence-corrected chi connectivity index (χ4v) is 2.46. The number of aliphatic carboxylic acids is 1. The van der Waals surface area contributed by atoms with Gasteiger partial charge in [-0.1, -0.05) is 70.8 Å². The van der Waals surface area contributed by atoms with E-state index in [1.54, 1.807) is 0 Å². The summed E-state index contributed by atoms with van der Waals surface area (Å²) in [6.07, 6.45) is 16.2. The van der Waals surface area contributed by atoms with Crippen molar-refractivity contribution in [2.45, 2.75) is 71.1 Å². The Morgan fingerprint density at radius 3 is 2.10 bits per heavy atom. The lowest BCUT2D eigenvalue weighted by molar-refractivity contribution is -0.131. The average Bonchev–Trinajstić information content (AvgIpc) is 2.42. The van der Waals surface area contributed by atoms with Crippen LogP contribution in [0.1, 0.15) is 71.1 Å². The van der Waals surface area contributed by atoms with Gasteiger partial charge in [-0.3, -0.25) is 0 Å². The first-order chi connectivity index (χ1) is 9.70. The summed E-state index contributed by atoms with van der Waals surface area (Å²) in [7, 11) is 1.91. The highest BCUT2D eigenvalue weighted by Gasteiger charge is 2.04. The van der Waals surface area contributed by atoms with Crippen LogP contribution in [0.15, 0.2) is 12.2 Å². The second-order valence-corrected chi connectivity index (χ2v) is 5.63. The largest absolute Gasteiger partial charge is 0.478 e. The van der Waals surface area contributed by atoms with Gasteiger partial charge in [0.25, 0.3) is 0 Å². The van der Waals surface area contributed by atoms with Crippen molar-refractivity contribution in [1.82, 2.24) is 5.32 Å². The fourth-order valence-electron chi connectivity index (χ4n) is 2.46. The van der Waals surface area contributed by atoms with Crippen LogP contribution in [0, 0.1) is 5.92 Å². The zero-order chi connectivity index (χ0) is 15.1. The van der Waals surface area contributed by atoms with Crippen molar-refractivity contribution in [3.63, 3.8) is 0 Å². The van der Waals surface area contributed by atoms with Crippen LogP contribution in [-0.2, 0) is 4.79 Å². The molecule has 0 aromatic heterocycles. The van der Waals surface area contributed by atoms with Gasteiger partial charge in [-0.15, -0.1) is 0 Å². The summed E-state index contributed by atoms with van der Waals surface area (Å²) < 4.78 is 0. The van der Waals surface area contributed by atoms with Crippen molar-refractivity contribution in [3.8, 4) is 0 Å². The average molecular weight is 283 g/mol. The summed E-state index contributed by atoms with van der Waals surface area (Å²) in [4.78, 5) is 10.5. The summed E-state index contributed by atoms with van der Waals surface area (Å²) in [6.45, 7) is 3.11. The van der Waals surface area contributed by atoms with E-state index < -0.39 is 5.97 Å². The third-order valence-electron chi connectivity index (χ3n) is 3.66. The minimum Gasteiger partial charge on any atom is -0.478 e. The molecule has 0 radical (unpaired) electrons. The molecule has 0 bridgehead atoms. The van der Waals surface area contributed by atoms with Gasteiger partial charge in [0.15, 0.2) is 0 Å². The molecule has 0 aliphatic carbocycles. The number of hydrogen-bond donors (Lipinski definition) is 2. The minimum atomic E-state index is -0.849. The van der Waals surface area contributed by atoms with E-state index in [1.807, 2.05) is 13.1 Å². The van der Waals surface area contributed by atoms with Crippen molar-refractivity contribution in [2.24, 2.45) is 5.92 Å². The highest BCUT2D eigenvalue weighted by Crippen LogP contribution is 2.14. The Morgan fingerprint density at radius 1 is 1.05 bits per heavy atom. The fraction of sp³-hybridized carbons (Fsp3) is 0.824. The van der Waals surface area contributed by atoms with Gasteiger partial charge in [0.05, 0.1) is 0 Å². The first-order valence-corrected chi connectivity index (χ1v) is 8.26. The molecule has 1 atom stereocenters. The zero-order valence-electron chi connectivity index (χ0n) is 13.4. The molecule has 3 heteroatoms. The molecule has 0 spiro atoms. The van der Waals surface area contributed by atoms with Gasteiger partial charge in [0.2, 0.25) is 0 Å². The van der Waals surface area contributed by atoms with Crippen molar-refractivity contribution in [2.75, 3.05) is 13.6 Å². The summed E-state index contributed by atoms with van der Waals surface area (Å²) >= 11 is 0. The normalized spacial score (nSPS) is 12.9. The Kier molecular flexibility index (Phi) is 14.0. The third-order valence-corrected chi connectivity index (χ3v) is 3.66. The van der Waals surface area contributed by atoms with Crippen LogP contribution in [-0.4, -0.2) is 24.7 Å². The van der Waals surface area contributed by atoms with Crippen molar-refractivity contribution in [3.05, 3.63) is 12.2 Å². The summed E-state index contributed by atoms with van der Waals surface area (Å²) in [5.41, 5.74) is 0. The molecule has 0 amide bonds. The van der Waals surface area contributed by atoms with Crippen molar-refractivity contribution >= 4 is 5.97 Å². The molecule has 2 N–H and O–H groups in total. The lowest BCUT2D eigenvalue weighted by Gasteiger charge is -2.11. The van der Waals surface area contributed by atoms with Crippen LogP contribution in [0.4, 0.5) is 0 Å². The highest BCUT2D eigenvalue weighted by atomic mass is 16.4. The van der Waals surface area contributed by atoms with E-state index in [0.29, 0.717) is 5.92 Å². The number of unbranched alkanes of at least 4 members (excludes halogenated alkanes) is 8. The van der Waals surface area contributed by atoms with E-state index in [4.69, 9.17) is 5.11 Å². The van der Waals surface area contributed by atoms with Crippen molar-refractivity contribution < 1.29 is 9.90 Å². The van der Waals surface area contributed by atoms with Crippen LogP contribution in [0.2, 0.25) is 0 Å². The summed E-state index contributed by atoms with van der Waals surface area (Å²) in [5, 5.41) is 11.8. The van der Waals surface area contributed by atoms with Crippen LogP contribution >= 0.6 is 0 Å². The van der Waals surface area contributed by atoms with Gasteiger partial charge in [0, 0.05) is 12.6 Å². The standard InChI is InChI=1S/C17H33NO2/c1-3-4-5-6-7-8-9-10-11-12-16(15-18-2)13-14-17(19)20/h13-14,16,18H,3-12,15H2,1-2H3,(H,19,20). The van der Waals surface area contributed by atoms with E-state index in [9.17, 15) is 4.79 Å². The van der Waals surface area contributed by atoms with E-state index in [-0.39, 0.29) is 0 Å². The van der Waals surface area contributed by atoms with E-state index >= 15 is 0 Å². The number of carboxylic acid groups (broad SMARTS) is 1. The smallest absolute Gasteiger partial charge is 0.327 e. The van der Waals surface area contributed by atoms with Crippen LogP contribution < -0.4 is 5.32 Å². The van der Waals surface area contributed by atoms with Gasteiger partial charge in [-0.25, -0.2) is 4.79 Å². The molecule has 118 valence electrons. The first kappa shape index (κ1) is 19.2. The molecule has 1 unspecified atom stereocenters. The van der Waals surface area contributed by atoms with Gasteiger partial charge < -0.3 is 10.4 Å². The summed E-state index contributed by atoms with van der Waals surface area (Å²) in [6, 6.07) is 0. The van der Waals surface area contributed by atoms with Crippen LogP contribution in [0.3, 0.4) is 0 Å². The Hall–Kier alpha value is -0.830. The summed E-state index contributed by atoms with van der Waals surface area (Å²) in [5.74, 6) is -0.501. The van der Waals surface area contributed by atoms with E-state index in [0.717, 1.165) is 13.0 Å². The molecule has 0 heterocycles. The highest BCUT2D eigenvalue weighted by molar-refractivity contribution is 5.79. The van der Waals surface area contributed by atoms with Gasteiger partial charge >= 0.3 is 5.97 Å². The molecule has 0 aliphatic rings. The molecule has 0 rings (SSSR count). The van der Waals surface area contributed by atoms with Crippen molar-refractivity contribution in [1.29, 1.82) is 0 Å². The van der Waals surface area contributed by atoms with Gasteiger partial charge in [-0.05, 0) is 19.4 Å². The molecule has 0 aliphatic heterocycles. The second-order valence-electron chi connectivity index (χ2n) is 5.63. The monoisotopic (exact) mass is 283 g/mol. The maximum Gasteiger partial charge on any atom is 0.327 e. The lowest BCUT2D eigenvalue weighted by Crippen LogP contribution is -2.17. The van der Waals surface area contributed by atoms with Crippen LogP contribution in [0.25, 0.3) is 0 Å². The second kappa shape index (κ2) is 14.6. The molecular formula is C17H33NO2. The lowest BCUT2D eigenvalue weighted by atomic mass is 9.99. The molecule has 20 heavy (non-hydrogen) atoms. The Balaban J connectivity index is 3.51. The quantitative estimate of drug-likeness (QED) is 0.367. The molecule has 0 aromatic carbocycles. The third kappa shape index (κ3) is 13.6. The van der Waals surface area contributed by atoms with E-state index in [2.05, 4.69) is 12.2 Å². The first-order valence-electron chi connectivity index (χ1n) is 8.26. The predicted octanol–water partition coefficient (Wildman–Crippen LogP) is 4.38. The molecule has 0 fully saturated rings. The number of rotatable bonds is 14. The molecule has 3 nitrogen and oxygen atoms in total. The maximum absolute atomic E-state index is 10.5. The Labute approximate surface area is 124 Å². The topological polar surface area (TPSA) is 49.3 Å². The van der Waals surface area contributed by atoms with Gasteiger partial charge in [0.1, 0.15) is 0 Å². The predicted molar refractivity (Wildman–Crippen MR) is 86.0 cm³/mol. The minimum absolute atomic E-state index is 0.348. The zero-order valence-corrected chi connectivity index (χ0v) is 13.4. The number of carboxylic acids is 1. The molecular weight excluding hydrogens is 250 g/mol. The number of carbonyl (C=O) groups is 1. The number of nitrogens with one attached hydrogen (secondary N) is 1. The molecule has 0 saturated carbocycles. The SMILES string of the molecule is CCCCCCCCCCCC(C=CC(=O)O)CNC. The Morgan fingerprint density at radius 2 is 1.60 bits per heavy atom. The molecule has 0 aromatic rings. The van der Waals surface area contributed by atoms with Gasteiger partial charge in [-0.2, -0.15) is 0 Å². The number of hydrogen-bond acceptors (Lipinski definition) is 2. The van der Waals surface area contributed by atoms with E-state index in [1.165, 1.54) is 63.9 Å². The maximum atomic E-state index is 10.5.